The molecule has 3 nitrogen and oxygen atoms in total. The number of hydrogen-bond donors (Lipinski definition) is 1. The van der Waals surface area contributed by atoms with E-state index in [2.05, 4.69) is 16.1 Å². The molecule has 1 aliphatic carbocycles. The minimum atomic E-state index is -4.70. The fourth-order valence-corrected chi connectivity index (χ4v) is 2.45. The zero-order valence-corrected chi connectivity index (χ0v) is 12.2. The highest BCUT2D eigenvalue weighted by atomic mass is 19.4. The summed E-state index contributed by atoms with van der Waals surface area (Å²) in [6.45, 7) is 1.79. The van der Waals surface area contributed by atoms with E-state index in [9.17, 15) is 18.0 Å². The van der Waals surface area contributed by atoms with Gasteiger partial charge in [-0.2, -0.15) is 0 Å². The number of allylic oxidation sites excluding steroid dienone is 2. The summed E-state index contributed by atoms with van der Waals surface area (Å²) in [6, 6.07) is 5.25. The number of alkyl halides is 3. The topological polar surface area (TPSA) is 38.3 Å². The highest BCUT2D eigenvalue weighted by molar-refractivity contribution is 5.77. The molecule has 0 heterocycles. The van der Waals surface area contributed by atoms with Gasteiger partial charge in [-0.05, 0) is 43.4 Å². The third kappa shape index (κ3) is 5.09. The number of benzene rings is 1. The molecular formula is C16H18F3NO2. The molecule has 0 spiro atoms. The van der Waals surface area contributed by atoms with Gasteiger partial charge in [0.25, 0.3) is 0 Å². The molecule has 120 valence electrons. The van der Waals surface area contributed by atoms with Gasteiger partial charge in [0.15, 0.2) is 0 Å². The van der Waals surface area contributed by atoms with Crippen LogP contribution in [0.4, 0.5) is 13.2 Å². The first-order valence-electron chi connectivity index (χ1n) is 7.15. The van der Waals surface area contributed by atoms with E-state index in [0.717, 1.165) is 18.4 Å². The fourth-order valence-electron chi connectivity index (χ4n) is 2.45. The van der Waals surface area contributed by atoms with Crippen molar-refractivity contribution in [2.24, 2.45) is 5.92 Å². The number of hydrogen-bond acceptors (Lipinski definition) is 2. The van der Waals surface area contributed by atoms with Crippen molar-refractivity contribution >= 4 is 5.91 Å². The lowest BCUT2D eigenvalue weighted by Crippen LogP contribution is -2.27. The third-order valence-electron chi connectivity index (χ3n) is 3.55. The lowest BCUT2D eigenvalue weighted by molar-refractivity contribution is -0.274. The summed E-state index contributed by atoms with van der Waals surface area (Å²) < 4.78 is 40.1. The average molecular weight is 313 g/mol. The number of amides is 1. The fraction of sp³-hybridized carbons (Fsp3) is 0.438. The van der Waals surface area contributed by atoms with Crippen LogP contribution in [-0.2, 0) is 4.79 Å². The van der Waals surface area contributed by atoms with Crippen molar-refractivity contribution in [1.29, 1.82) is 0 Å². The van der Waals surface area contributed by atoms with Gasteiger partial charge in [-0.25, -0.2) is 0 Å². The van der Waals surface area contributed by atoms with Crippen LogP contribution < -0.4 is 10.1 Å². The quantitative estimate of drug-likeness (QED) is 0.831. The van der Waals surface area contributed by atoms with Crippen LogP contribution >= 0.6 is 0 Å². The SMILES string of the molecule is C[C@H](NC(=O)C[C@H]1C=CCC1)c1ccc(OC(F)(F)F)cc1. The molecular weight excluding hydrogens is 295 g/mol. The Morgan fingerprint density at radius 1 is 1.36 bits per heavy atom. The Morgan fingerprint density at radius 2 is 2.05 bits per heavy atom. The molecule has 1 aliphatic rings. The first kappa shape index (κ1) is 16.4. The molecule has 2 atom stereocenters. The smallest absolute Gasteiger partial charge is 0.406 e. The monoisotopic (exact) mass is 313 g/mol. The van der Waals surface area contributed by atoms with E-state index in [-0.39, 0.29) is 23.6 Å². The standard InChI is InChI=1S/C16H18F3NO2/c1-11(20-15(21)10-12-4-2-3-5-12)13-6-8-14(9-7-13)22-16(17,18)19/h2,4,6-9,11-12H,3,5,10H2,1H3,(H,20,21)/t11-,12-/m0/s1. The molecule has 0 fully saturated rings. The predicted octanol–water partition coefficient (Wildman–Crippen LogP) is 4.12. The van der Waals surface area contributed by atoms with Gasteiger partial charge in [-0.1, -0.05) is 24.3 Å². The third-order valence-corrected chi connectivity index (χ3v) is 3.55. The molecule has 0 aromatic heterocycles. The first-order chi connectivity index (χ1) is 10.3. The molecule has 0 unspecified atom stereocenters. The van der Waals surface area contributed by atoms with Crippen LogP contribution in [0.2, 0.25) is 0 Å². The van der Waals surface area contributed by atoms with E-state index >= 15 is 0 Å². The summed E-state index contributed by atoms with van der Waals surface area (Å²) in [6.07, 6.45) is 1.86. The Bertz CT molecular complexity index is 537. The maximum atomic E-state index is 12.1. The lowest BCUT2D eigenvalue weighted by Gasteiger charge is -2.16. The van der Waals surface area contributed by atoms with Crippen molar-refractivity contribution in [2.75, 3.05) is 0 Å². The Labute approximate surface area is 127 Å². The van der Waals surface area contributed by atoms with Crippen LogP contribution in [0.5, 0.6) is 5.75 Å². The van der Waals surface area contributed by atoms with Crippen molar-refractivity contribution in [3.05, 3.63) is 42.0 Å². The Morgan fingerprint density at radius 3 is 2.59 bits per heavy atom. The normalized spacial score (nSPS) is 19.0. The highest BCUT2D eigenvalue weighted by Gasteiger charge is 2.31. The zero-order valence-electron chi connectivity index (χ0n) is 12.2. The van der Waals surface area contributed by atoms with E-state index in [1.54, 1.807) is 6.92 Å². The molecule has 0 aliphatic heterocycles. The van der Waals surface area contributed by atoms with Crippen molar-refractivity contribution in [3.8, 4) is 5.75 Å². The second kappa shape index (κ2) is 6.85. The van der Waals surface area contributed by atoms with Crippen LogP contribution in [0.1, 0.15) is 37.8 Å². The number of carbonyl (C=O) groups is 1. The minimum Gasteiger partial charge on any atom is -0.406 e. The number of rotatable bonds is 5. The molecule has 22 heavy (non-hydrogen) atoms. The Hall–Kier alpha value is -1.98. The summed E-state index contributed by atoms with van der Waals surface area (Å²) >= 11 is 0. The summed E-state index contributed by atoms with van der Waals surface area (Å²) in [4.78, 5) is 11.9. The molecule has 0 radical (unpaired) electrons. The van der Waals surface area contributed by atoms with Gasteiger partial charge >= 0.3 is 6.36 Å². The number of halogens is 3. The predicted molar refractivity (Wildman–Crippen MR) is 76.2 cm³/mol. The van der Waals surface area contributed by atoms with Gasteiger partial charge in [-0.3, -0.25) is 4.79 Å². The van der Waals surface area contributed by atoms with Crippen molar-refractivity contribution in [1.82, 2.24) is 5.32 Å². The zero-order chi connectivity index (χ0) is 16.2. The van der Waals surface area contributed by atoms with Gasteiger partial charge in [-0.15, -0.1) is 13.2 Å². The van der Waals surface area contributed by atoms with Crippen LogP contribution in [0.15, 0.2) is 36.4 Å². The van der Waals surface area contributed by atoms with E-state index in [0.29, 0.717) is 6.42 Å². The molecule has 0 saturated heterocycles. The van der Waals surface area contributed by atoms with Crippen LogP contribution in [-0.4, -0.2) is 12.3 Å². The minimum absolute atomic E-state index is 0.0559. The molecule has 1 aromatic rings. The summed E-state index contributed by atoms with van der Waals surface area (Å²) in [5, 5.41) is 2.85. The van der Waals surface area contributed by atoms with Crippen molar-refractivity contribution in [3.63, 3.8) is 0 Å². The second-order valence-electron chi connectivity index (χ2n) is 5.38. The second-order valence-corrected chi connectivity index (χ2v) is 5.38. The molecule has 0 saturated carbocycles. The Balaban J connectivity index is 1.87. The number of ether oxygens (including phenoxy) is 1. The first-order valence-corrected chi connectivity index (χ1v) is 7.15. The highest BCUT2D eigenvalue weighted by Crippen LogP contribution is 2.25. The van der Waals surface area contributed by atoms with Crippen LogP contribution in [0.3, 0.4) is 0 Å². The van der Waals surface area contributed by atoms with Gasteiger partial charge in [0.2, 0.25) is 5.91 Å². The van der Waals surface area contributed by atoms with Crippen LogP contribution in [0.25, 0.3) is 0 Å². The summed E-state index contributed by atoms with van der Waals surface area (Å²) in [5.41, 5.74) is 0.727. The number of nitrogens with one attached hydrogen (secondary N) is 1. The van der Waals surface area contributed by atoms with Crippen molar-refractivity contribution in [2.45, 2.75) is 38.6 Å². The van der Waals surface area contributed by atoms with Crippen LogP contribution in [0, 0.1) is 5.92 Å². The molecule has 1 amide bonds. The van der Waals surface area contributed by atoms with Gasteiger partial charge in [0, 0.05) is 6.42 Å². The maximum absolute atomic E-state index is 12.1. The largest absolute Gasteiger partial charge is 0.573 e. The summed E-state index contributed by atoms with van der Waals surface area (Å²) in [5.74, 6) is -0.0414. The summed E-state index contributed by atoms with van der Waals surface area (Å²) in [7, 11) is 0. The van der Waals surface area contributed by atoms with Gasteiger partial charge < -0.3 is 10.1 Å². The van der Waals surface area contributed by atoms with Gasteiger partial charge in [0.05, 0.1) is 6.04 Å². The molecule has 1 aromatic carbocycles. The van der Waals surface area contributed by atoms with E-state index in [4.69, 9.17) is 0 Å². The Kier molecular flexibility index (Phi) is 5.11. The average Bonchev–Trinajstić information content (AvgIpc) is 2.90. The molecule has 2 rings (SSSR count). The molecule has 0 bridgehead atoms. The van der Waals surface area contributed by atoms with E-state index in [1.807, 2.05) is 6.08 Å². The lowest BCUT2D eigenvalue weighted by atomic mass is 10.0. The van der Waals surface area contributed by atoms with E-state index < -0.39 is 6.36 Å². The molecule has 1 N–H and O–H groups in total. The number of carbonyl (C=O) groups excluding carboxylic acids is 1. The van der Waals surface area contributed by atoms with Gasteiger partial charge in [0.1, 0.15) is 5.75 Å². The van der Waals surface area contributed by atoms with Crippen molar-refractivity contribution < 1.29 is 22.7 Å². The maximum Gasteiger partial charge on any atom is 0.573 e. The van der Waals surface area contributed by atoms with E-state index in [1.165, 1.54) is 24.3 Å². The molecule has 6 heteroatoms.